The van der Waals surface area contributed by atoms with Gasteiger partial charge in [0, 0.05) is 11.4 Å². The molecule has 0 radical (unpaired) electrons. The van der Waals surface area contributed by atoms with Gasteiger partial charge in [-0.1, -0.05) is 31.0 Å². The van der Waals surface area contributed by atoms with Gasteiger partial charge in [0.15, 0.2) is 0 Å². The Kier molecular flexibility index (Phi) is 3.25. The molecule has 4 rings (SSSR count). The lowest BCUT2D eigenvalue weighted by Crippen LogP contribution is -2.42. The fourth-order valence-corrected chi connectivity index (χ4v) is 4.21. The molecule has 4 heteroatoms. The van der Waals surface area contributed by atoms with Crippen molar-refractivity contribution in [3.8, 4) is 0 Å². The second-order valence-electron chi connectivity index (χ2n) is 6.47. The van der Waals surface area contributed by atoms with Crippen LogP contribution in [0.15, 0.2) is 36.4 Å². The van der Waals surface area contributed by atoms with Crippen LogP contribution in [0.4, 0.5) is 5.82 Å². The molecule has 114 valence electrons. The zero-order valence-corrected chi connectivity index (χ0v) is 12.5. The average Bonchev–Trinajstić information content (AvgIpc) is 2.94. The summed E-state index contributed by atoms with van der Waals surface area (Å²) in [6.45, 7) is 0. The number of fused-ring (bicyclic) bond motifs is 2. The zero-order valence-electron chi connectivity index (χ0n) is 12.5. The Bertz CT molecular complexity index is 715. The molecule has 0 spiro atoms. The quantitative estimate of drug-likeness (QED) is 0.922. The Hall–Kier alpha value is -2.10. The lowest BCUT2D eigenvalue weighted by molar-refractivity contribution is -0.138. The largest absolute Gasteiger partial charge is 0.480 e. The number of rotatable bonds is 2. The number of aromatic nitrogens is 1. The number of pyridine rings is 1. The number of hydrogen-bond acceptors (Lipinski definition) is 3. The summed E-state index contributed by atoms with van der Waals surface area (Å²) in [5, 5.41) is 10.7. The zero-order chi connectivity index (χ0) is 15.1. The number of carbonyl (C=O) groups is 1. The van der Waals surface area contributed by atoms with E-state index in [9.17, 15) is 9.90 Å². The average molecular weight is 296 g/mol. The van der Waals surface area contributed by atoms with Crippen LogP contribution >= 0.6 is 0 Å². The fraction of sp³-hybridized carbons (Fsp3) is 0.444. The summed E-state index contributed by atoms with van der Waals surface area (Å²) in [7, 11) is 0. The van der Waals surface area contributed by atoms with Crippen LogP contribution in [-0.4, -0.2) is 28.1 Å². The molecule has 1 saturated heterocycles. The first-order chi connectivity index (χ1) is 10.7. The number of nitrogens with zero attached hydrogens (tertiary/aromatic N) is 2. The summed E-state index contributed by atoms with van der Waals surface area (Å²) in [5.41, 5.74) is 0.934. The van der Waals surface area contributed by atoms with E-state index in [1.54, 1.807) is 0 Å². The van der Waals surface area contributed by atoms with Crippen LogP contribution in [0.2, 0.25) is 0 Å². The summed E-state index contributed by atoms with van der Waals surface area (Å²) in [6, 6.07) is 11.9. The van der Waals surface area contributed by atoms with Gasteiger partial charge in [0.05, 0.1) is 5.52 Å². The minimum atomic E-state index is -0.718. The monoisotopic (exact) mass is 296 g/mol. The van der Waals surface area contributed by atoms with E-state index in [1.807, 2.05) is 36.4 Å². The molecule has 1 aliphatic carbocycles. The highest BCUT2D eigenvalue weighted by Gasteiger charge is 2.45. The molecule has 3 atom stereocenters. The molecule has 2 aromatic rings. The van der Waals surface area contributed by atoms with Crippen molar-refractivity contribution in [2.24, 2.45) is 5.92 Å². The number of benzene rings is 1. The molecule has 2 fully saturated rings. The van der Waals surface area contributed by atoms with Gasteiger partial charge in [-0.25, -0.2) is 9.78 Å². The van der Waals surface area contributed by atoms with Gasteiger partial charge in [-0.15, -0.1) is 0 Å². The maximum Gasteiger partial charge on any atom is 0.326 e. The SMILES string of the molecule is O=C(O)C1CC2CCCCC2N1c1ccc2ccccc2n1. The molecule has 1 saturated carbocycles. The van der Waals surface area contributed by atoms with Crippen molar-refractivity contribution >= 4 is 22.7 Å². The van der Waals surface area contributed by atoms with Gasteiger partial charge in [-0.3, -0.25) is 0 Å². The van der Waals surface area contributed by atoms with E-state index in [0.29, 0.717) is 12.0 Å². The highest BCUT2D eigenvalue weighted by molar-refractivity contribution is 5.83. The smallest absolute Gasteiger partial charge is 0.326 e. The first-order valence-electron chi connectivity index (χ1n) is 8.11. The van der Waals surface area contributed by atoms with Crippen LogP contribution < -0.4 is 4.90 Å². The maximum atomic E-state index is 11.7. The van der Waals surface area contributed by atoms with E-state index < -0.39 is 12.0 Å². The van der Waals surface area contributed by atoms with E-state index >= 15 is 0 Å². The Morgan fingerprint density at radius 3 is 2.82 bits per heavy atom. The minimum absolute atomic E-state index is 0.337. The predicted molar refractivity (Wildman–Crippen MR) is 86.0 cm³/mol. The Balaban J connectivity index is 1.77. The van der Waals surface area contributed by atoms with E-state index in [1.165, 1.54) is 12.8 Å². The molecule has 1 N–H and O–H groups in total. The van der Waals surface area contributed by atoms with Crippen molar-refractivity contribution in [3.05, 3.63) is 36.4 Å². The molecule has 3 unspecified atom stereocenters. The second-order valence-corrected chi connectivity index (χ2v) is 6.47. The van der Waals surface area contributed by atoms with Crippen LogP contribution in [0.25, 0.3) is 10.9 Å². The van der Waals surface area contributed by atoms with Gasteiger partial charge < -0.3 is 10.0 Å². The standard InChI is InChI=1S/C18H20N2O2/c21-18(22)16-11-13-6-2-4-8-15(13)20(16)17-10-9-12-5-1-3-7-14(12)19-17/h1,3,5,7,9-10,13,15-16H,2,4,6,8,11H2,(H,21,22). The van der Waals surface area contributed by atoms with E-state index in [4.69, 9.17) is 4.98 Å². The van der Waals surface area contributed by atoms with Crippen LogP contribution in [0, 0.1) is 5.92 Å². The molecule has 2 aliphatic rings. The van der Waals surface area contributed by atoms with Gasteiger partial charge in [-0.2, -0.15) is 0 Å². The van der Waals surface area contributed by atoms with Crippen LogP contribution in [0.5, 0.6) is 0 Å². The predicted octanol–water partition coefficient (Wildman–Crippen LogP) is 3.46. The molecule has 4 nitrogen and oxygen atoms in total. The maximum absolute atomic E-state index is 11.7. The van der Waals surface area contributed by atoms with E-state index in [0.717, 1.165) is 36.0 Å². The molecule has 0 amide bonds. The van der Waals surface area contributed by atoms with Gasteiger partial charge in [0.2, 0.25) is 0 Å². The summed E-state index contributed by atoms with van der Waals surface area (Å²) in [4.78, 5) is 18.5. The molecule has 1 aliphatic heterocycles. The van der Waals surface area contributed by atoms with Crippen LogP contribution in [-0.2, 0) is 4.79 Å². The normalized spacial score (nSPS) is 27.8. The van der Waals surface area contributed by atoms with Gasteiger partial charge in [0.25, 0.3) is 0 Å². The first kappa shape index (κ1) is 13.6. The number of para-hydroxylation sites is 1. The molecule has 2 heterocycles. The van der Waals surface area contributed by atoms with Crippen LogP contribution in [0.3, 0.4) is 0 Å². The van der Waals surface area contributed by atoms with Crippen LogP contribution in [0.1, 0.15) is 32.1 Å². The van der Waals surface area contributed by atoms with Gasteiger partial charge >= 0.3 is 5.97 Å². The Morgan fingerprint density at radius 2 is 1.95 bits per heavy atom. The Labute approximate surface area is 129 Å². The van der Waals surface area contributed by atoms with Gasteiger partial charge in [-0.05, 0) is 43.4 Å². The molecule has 0 bridgehead atoms. The summed E-state index contributed by atoms with van der Waals surface area (Å²) in [6.07, 6.45) is 5.42. The number of carboxylic acids is 1. The van der Waals surface area contributed by atoms with Gasteiger partial charge in [0.1, 0.15) is 11.9 Å². The fourth-order valence-electron chi connectivity index (χ4n) is 4.21. The Morgan fingerprint density at radius 1 is 1.14 bits per heavy atom. The minimum Gasteiger partial charge on any atom is -0.480 e. The van der Waals surface area contributed by atoms with Crippen molar-refractivity contribution in [2.75, 3.05) is 4.90 Å². The molecule has 1 aromatic carbocycles. The van der Waals surface area contributed by atoms with Crippen molar-refractivity contribution in [1.82, 2.24) is 4.98 Å². The van der Waals surface area contributed by atoms with E-state index in [-0.39, 0.29) is 0 Å². The third-order valence-corrected chi connectivity index (χ3v) is 5.22. The van der Waals surface area contributed by atoms with Crippen molar-refractivity contribution in [2.45, 2.75) is 44.2 Å². The van der Waals surface area contributed by atoms with E-state index in [2.05, 4.69) is 4.90 Å². The molecule has 22 heavy (non-hydrogen) atoms. The molecule has 1 aromatic heterocycles. The molecular formula is C18H20N2O2. The van der Waals surface area contributed by atoms with Crippen molar-refractivity contribution < 1.29 is 9.90 Å². The topological polar surface area (TPSA) is 53.4 Å². The highest BCUT2D eigenvalue weighted by atomic mass is 16.4. The summed E-state index contributed by atoms with van der Waals surface area (Å²) in [5.74, 6) is 0.605. The second kappa shape index (κ2) is 5.27. The third-order valence-electron chi connectivity index (χ3n) is 5.22. The first-order valence-corrected chi connectivity index (χ1v) is 8.11. The van der Waals surface area contributed by atoms with Crippen molar-refractivity contribution in [3.63, 3.8) is 0 Å². The summed E-state index contributed by atoms with van der Waals surface area (Å²) < 4.78 is 0. The lowest BCUT2D eigenvalue weighted by Gasteiger charge is -2.33. The lowest BCUT2D eigenvalue weighted by atomic mass is 9.85. The number of aliphatic carboxylic acids is 1. The van der Waals surface area contributed by atoms with Crippen molar-refractivity contribution in [1.29, 1.82) is 0 Å². The molecular weight excluding hydrogens is 276 g/mol. The highest BCUT2D eigenvalue weighted by Crippen LogP contribution is 2.42. The number of anilines is 1. The number of carboxylic acid groups (broad SMARTS) is 1. The summed E-state index contributed by atoms with van der Waals surface area (Å²) >= 11 is 0. The third kappa shape index (κ3) is 2.14. The number of hydrogen-bond donors (Lipinski definition) is 1.